The lowest BCUT2D eigenvalue weighted by molar-refractivity contribution is 0.411. The Morgan fingerprint density at radius 3 is 2.38 bits per heavy atom. The number of pyridine rings is 1. The zero-order chi connectivity index (χ0) is 15.6. The van der Waals surface area contributed by atoms with Crippen LogP contribution in [0.2, 0.25) is 0 Å². The molecule has 0 aliphatic heterocycles. The molecule has 0 fully saturated rings. The van der Waals surface area contributed by atoms with Gasteiger partial charge in [0.05, 0.1) is 23.9 Å². The maximum atomic E-state index is 12.5. The van der Waals surface area contributed by atoms with E-state index in [1.807, 2.05) is 13.8 Å². The third-order valence-corrected chi connectivity index (χ3v) is 4.63. The lowest BCUT2D eigenvalue weighted by Gasteiger charge is -2.13. The van der Waals surface area contributed by atoms with Crippen molar-refractivity contribution in [3.8, 4) is 5.75 Å². The van der Waals surface area contributed by atoms with Crippen LogP contribution in [-0.2, 0) is 10.0 Å². The Morgan fingerprint density at radius 1 is 1.05 bits per heavy atom. The summed E-state index contributed by atoms with van der Waals surface area (Å²) < 4.78 is 32.8. The highest BCUT2D eigenvalue weighted by Gasteiger charge is 2.19. The first-order chi connectivity index (χ1) is 9.83. The highest BCUT2D eigenvalue weighted by molar-refractivity contribution is 7.92. The van der Waals surface area contributed by atoms with Crippen LogP contribution in [0, 0.1) is 20.8 Å². The number of methoxy groups -OCH3 is 1. The fraction of sp³-hybridized carbons (Fsp3) is 0.267. The second-order valence-corrected chi connectivity index (χ2v) is 6.59. The number of hydrogen-bond donors (Lipinski definition) is 1. The van der Waals surface area contributed by atoms with Crippen LogP contribution in [-0.4, -0.2) is 20.5 Å². The lowest BCUT2D eigenvalue weighted by atomic mass is 10.1. The molecule has 112 valence electrons. The number of rotatable bonds is 4. The van der Waals surface area contributed by atoms with E-state index in [-0.39, 0.29) is 4.90 Å². The smallest absolute Gasteiger partial charge is 0.262 e. The Hall–Kier alpha value is -2.08. The van der Waals surface area contributed by atoms with Gasteiger partial charge in [0.15, 0.2) is 0 Å². The Kier molecular flexibility index (Phi) is 4.18. The van der Waals surface area contributed by atoms with E-state index in [0.29, 0.717) is 17.0 Å². The van der Waals surface area contributed by atoms with Gasteiger partial charge in [-0.15, -0.1) is 0 Å². The van der Waals surface area contributed by atoms with E-state index in [4.69, 9.17) is 4.74 Å². The maximum Gasteiger partial charge on any atom is 0.262 e. The Morgan fingerprint density at radius 2 is 1.76 bits per heavy atom. The molecule has 0 radical (unpaired) electrons. The average molecular weight is 306 g/mol. The predicted octanol–water partition coefficient (Wildman–Crippen LogP) is 2.82. The van der Waals surface area contributed by atoms with Gasteiger partial charge in [0, 0.05) is 6.20 Å². The van der Waals surface area contributed by atoms with Gasteiger partial charge in [-0.05, 0) is 55.7 Å². The first kappa shape index (κ1) is 15.3. The number of hydrogen-bond acceptors (Lipinski definition) is 4. The van der Waals surface area contributed by atoms with Crippen molar-refractivity contribution in [3.63, 3.8) is 0 Å². The highest BCUT2D eigenvalue weighted by atomic mass is 32.2. The summed E-state index contributed by atoms with van der Waals surface area (Å²) in [7, 11) is -2.09. The van der Waals surface area contributed by atoms with Crippen molar-refractivity contribution in [2.24, 2.45) is 0 Å². The summed E-state index contributed by atoms with van der Waals surface area (Å²) in [6, 6.07) is 5.06. The standard InChI is InChI=1S/C15H18N2O3S/c1-10-5-13(9-16-8-10)17-21(18,19)15-7-11(2)14(20-4)6-12(15)3/h5-9,17H,1-4H3. The Balaban J connectivity index is 2.42. The molecule has 1 N–H and O–H groups in total. The van der Waals surface area contributed by atoms with E-state index in [1.54, 1.807) is 38.4 Å². The van der Waals surface area contributed by atoms with Crippen LogP contribution in [0.15, 0.2) is 35.5 Å². The lowest BCUT2D eigenvalue weighted by Crippen LogP contribution is -2.15. The number of benzene rings is 1. The van der Waals surface area contributed by atoms with Crippen molar-refractivity contribution in [1.29, 1.82) is 0 Å². The van der Waals surface area contributed by atoms with Crippen LogP contribution in [0.1, 0.15) is 16.7 Å². The minimum Gasteiger partial charge on any atom is -0.496 e. The molecule has 1 aromatic carbocycles. The van der Waals surface area contributed by atoms with E-state index in [2.05, 4.69) is 9.71 Å². The summed E-state index contributed by atoms with van der Waals surface area (Å²) in [5.74, 6) is 0.670. The summed E-state index contributed by atoms with van der Waals surface area (Å²) in [5.41, 5.74) is 2.73. The van der Waals surface area contributed by atoms with E-state index in [0.717, 1.165) is 11.1 Å². The summed E-state index contributed by atoms with van der Waals surface area (Å²) >= 11 is 0. The zero-order valence-electron chi connectivity index (χ0n) is 12.5. The SMILES string of the molecule is COc1cc(C)c(S(=O)(=O)Nc2cncc(C)c2)cc1C. The second kappa shape index (κ2) is 5.73. The van der Waals surface area contributed by atoms with E-state index >= 15 is 0 Å². The van der Waals surface area contributed by atoms with Crippen molar-refractivity contribution >= 4 is 15.7 Å². The van der Waals surface area contributed by atoms with Crippen molar-refractivity contribution in [3.05, 3.63) is 47.3 Å². The Bertz CT molecular complexity index is 770. The minimum atomic E-state index is -3.65. The van der Waals surface area contributed by atoms with Crippen LogP contribution in [0.4, 0.5) is 5.69 Å². The molecule has 2 rings (SSSR count). The van der Waals surface area contributed by atoms with Crippen LogP contribution >= 0.6 is 0 Å². The molecule has 0 aliphatic carbocycles. The van der Waals surface area contributed by atoms with Gasteiger partial charge in [-0.25, -0.2) is 8.42 Å². The molecule has 0 unspecified atom stereocenters. The largest absolute Gasteiger partial charge is 0.496 e. The zero-order valence-corrected chi connectivity index (χ0v) is 13.3. The number of anilines is 1. The molecule has 21 heavy (non-hydrogen) atoms. The van der Waals surface area contributed by atoms with E-state index in [1.165, 1.54) is 6.20 Å². The molecule has 0 spiro atoms. The van der Waals surface area contributed by atoms with Gasteiger partial charge >= 0.3 is 0 Å². The molecule has 0 saturated carbocycles. The number of sulfonamides is 1. The molecule has 6 heteroatoms. The molecule has 0 atom stereocenters. The van der Waals surface area contributed by atoms with Crippen molar-refractivity contribution in [1.82, 2.24) is 4.98 Å². The molecule has 0 bridgehead atoms. The minimum absolute atomic E-state index is 0.238. The number of nitrogens with zero attached hydrogens (tertiary/aromatic N) is 1. The van der Waals surface area contributed by atoms with Gasteiger partial charge in [0.1, 0.15) is 5.75 Å². The molecular weight excluding hydrogens is 288 g/mol. The molecule has 1 aromatic heterocycles. The summed E-state index contributed by atoms with van der Waals surface area (Å²) in [5, 5.41) is 0. The monoisotopic (exact) mass is 306 g/mol. The van der Waals surface area contributed by atoms with Gasteiger partial charge in [0.2, 0.25) is 0 Å². The average Bonchev–Trinajstić information content (AvgIpc) is 2.40. The molecule has 2 aromatic rings. The van der Waals surface area contributed by atoms with Crippen LogP contribution in [0.3, 0.4) is 0 Å². The number of ether oxygens (including phenoxy) is 1. The van der Waals surface area contributed by atoms with Gasteiger partial charge in [-0.3, -0.25) is 9.71 Å². The molecule has 5 nitrogen and oxygen atoms in total. The van der Waals surface area contributed by atoms with Crippen molar-refractivity contribution < 1.29 is 13.2 Å². The van der Waals surface area contributed by atoms with Gasteiger partial charge in [-0.2, -0.15) is 0 Å². The van der Waals surface area contributed by atoms with Crippen LogP contribution < -0.4 is 9.46 Å². The number of nitrogens with one attached hydrogen (secondary N) is 1. The van der Waals surface area contributed by atoms with Crippen LogP contribution in [0.5, 0.6) is 5.75 Å². The molecule has 0 aliphatic rings. The molecule has 1 heterocycles. The van der Waals surface area contributed by atoms with Gasteiger partial charge in [-0.1, -0.05) is 0 Å². The van der Waals surface area contributed by atoms with Gasteiger partial charge in [0.25, 0.3) is 10.0 Å². The maximum absolute atomic E-state index is 12.5. The first-order valence-electron chi connectivity index (χ1n) is 6.43. The summed E-state index contributed by atoms with van der Waals surface area (Å²) in [4.78, 5) is 4.22. The summed E-state index contributed by atoms with van der Waals surface area (Å²) in [6.45, 7) is 5.41. The fourth-order valence-corrected chi connectivity index (χ4v) is 3.44. The molecular formula is C15H18N2O3S. The Labute approximate surface area is 125 Å². The first-order valence-corrected chi connectivity index (χ1v) is 7.91. The van der Waals surface area contributed by atoms with E-state index in [9.17, 15) is 8.42 Å². The fourth-order valence-electron chi connectivity index (χ4n) is 2.09. The van der Waals surface area contributed by atoms with Crippen LogP contribution in [0.25, 0.3) is 0 Å². The number of aryl methyl sites for hydroxylation is 3. The van der Waals surface area contributed by atoms with Gasteiger partial charge < -0.3 is 4.74 Å². The number of aromatic nitrogens is 1. The van der Waals surface area contributed by atoms with Crippen molar-refractivity contribution in [2.75, 3.05) is 11.8 Å². The predicted molar refractivity (Wildman–Crippen MR) is 82.3 cm³/mol. The summed E-state index contributed by atoms with van der Waals surface area (Å²) in [6.07, 6.45) is 3.15. The topological polar surface area (TPSA) is 68.3 Å². The van der Waals surface area contributed by atoms with Crippen molar-refractivity contribution in [2.45, 2.75) is 25.7 Å². The third kappa shape index (κ3) is 3.33. The normalized spacial score (nSPS) is 11.2. The van der Waals surface area contributed by atoms with E-state index < -0.39 is 10.0 Å². The molecule has 0 amide bonds. The quantitative estimate of drug-likeness (QED) is 0.943. The highest BCUT2D eigenvalue weighted by Crippen LogP contribution is 2.27. The molecule has 0 saturated heterocycles. The third-order valence-electron chi connectivity index (χ3n) is 3.11. The second-order valence-electron chi connectivity index (χ2n) is 4.94.